The Bertz CT molecular complexity index is 1120. The van der Waals surface area contributed by atoms with Crippen LogP contribution in [-0.2, 0) is 13.5 Å². The van der Waals surface area contributed by atoms with Crippen molar-refractivity contribution in [2.75, 3.05) is 18.7 Å². The minimum atomic E-state index is 0.403. The van der Waals surface area contributed by atoms with Crippen molar-refractivity contribution in [2.45, 2.75) is 6.42 Å². The Hall–Kier alpha value is -2.79. The fourth-order valence-corrected chi connectivity index (χ4v) is 3.47. The number of hydrogen-bond acceptors (Lipinski definition) is 4. The van der Waals surface area contributed by atoms with Gasteiger partial charge in [0.25, 0.3) is 0 Å². The second-order valence-electron chi connectivity index (χ2n) is 6.25. The molecule has 0 bridgehead atoms. The van der Waals surface area contributed by atoms with Gasteiger partial charge in [0.2, 0.25) is 0 Å². The van der Waals surface area contributed by atoms with E-state index in [0.717, 1.165) is 33.3 Å². The molecule has 0 amide bonds. The molecule has 2 heterocycles. The highest BCUT2D eigenvalue weighted by Crippen LogP contribution is 2.31. The maximum absolute atomic E-state index is 6.22. The van der Waals surface area contributed by atoms with Crippen LogP contribution in [0.5, 0.6) is 5.75 Å². The maximum Gasteiger partial charge on any atom is 0.150 e. The molecule has 4 aromatic rings. The van der Waals surface area contributed by atoms with Crippen LogP contribution in [0.4, 0.5) is 5.82 Å². The Morgan fingerprint density at radius 3 is 2.69 bits per heavy atom. The summed E-state index contributed by atoms with van der Waals surface area (Å²) < 4.78 is 7.52. The third-order valence-electron chi connectivity index (χ3n) is 4.62. The molecule has 0 aliphatic carbocycles. The first-order chi connectivity index (χ1) is 12.6. The van der Waals surface area contributed by atoms with Gasteiger partial charge in [-0.2, -0.15) is 0 Å². The fraction of sp³-hybridized carbons (Fsp3) is 0.200. The molecule has 0 radical (unpaired) electrons. The number of nitrogens with zero attached hydrogens (tertiary/aromatic N) is 3. The number of alkyl halides is 1. The van der Waals surface area contributed by atoms with Crippen LogP contribution in [0, 0.1) is 0 Å². The fourth-order valence-electron chi connectivity index (χ4n) is 3.27. The molecular formula is C20H19ClN4O. The molecular weight excluding hydrogens is 348 g/mol. The van der Waals surface area contributed by atoms with Crippen LogP contribution in [0.3, 0.4) is 0 Å². The molecule has 2 N–H and O–H groups in total. The molecule has 5 nitrogen and oxygen atoms in total. The van der Waals surface area contributed by atoms with Crippen molar-refractivity contribution >= 4 is 39.4 Å². The van der Waals surface area contributed by atoms with Gasteiger partial charge in [-0.05, 0) is 36.2 Å². The molecule has 2 aromatic carbocycles. The Kier molecular flexibility index (Phi) is 4.17. The summed E-state index contributed by atoms with van der Waals surface area (Å²) in [6.45, 7) is 0. The van der Waals surface area contributed by atoms with Gasteiger partial charge in [0, 0.05) is 41.7 Å². The number of ether oxygens (including phenoxy) is 1. The summed E-state index contributed by atoms with van der Waals surface area (Å²) in [6, 6.07) is 12.1. The van der Waals surface area contributed by atoms with E-state index >= 15 is 0 Å². The Morgan fingerprint density at radius 1 is 1.12 bits per heavy atom. The summed E-state index contributed by atoms with van der Waals surface area (Å²) in [5.41, 5.74) is 11.5. The molecule has 2 aromatic heterocycles. The summed E-state index contributed by atoms with van der Waals surface area (Å²) >= 11 is 5.91. The molecule has 0 spiro atoms. The van der Waals surface area contributed by atoms with E-state index in [9.17, 15) is 0 Å². The van der Waals surface area contributed by atoms with Gasteiger partial charge >= 0.3 is 0 Å². The van der Waals surface area contributed by atoms with Crippen LogP contribution >= 0.6 is 11.6 Å². The normalized spacial score (nSPS) is 11.3. The zero-order chi connectivity index (χ0) is 18.3. The highest BCUT2D eigenvalue weighted by Gasteiger charge is 2.13. The lowest BCUT2D eigenvalue weighted by molar-refractivity contribution is 0.411. The van der Waals surface area contributed by atoms with E-state index in [2.05, 4.69) is 27.8 Å². The second kappa shape index (κ2) is 6.50. The van der Waals surface area contributed by atoms with Crippen LogP contribution < -0.4 is 10.5 Å². The van der Waals surface area contributed by atoms with Crippen LogP contribution in [0.15, 0.2) is 42.6 Å². The van der Waals surface area contributed by atoms with E-state index in [0.29, 0.717) is 29.3 Å². The van der Waals surface area contributed by atoms with E-state index in [4.69, 9.17) is 27.1 Å². The lowest BCUT2D eigenvalue weighted by Gasteiger charge is -2.11. The zero-order valence-electron chi connectivity index (χ0n) is 14.7. The smallest absolute Gasteiger partial charge is 0.150 e. The molecule has 0 saturated heterocycles. The Labute approximate surface area is 156 Å². The molecule has 6 heteroatoms. The average Bonchev–Trinajstić information content (AvgIpc) is 3.01. The van der Waals surface area contributed by atoms with E-state index in [-0.39, 0.29) is 0 Å². The number of halogens is 1. The first-order valence-corrected chi connectivity index (χ1v) is 8.89. The SMILES string of the molecule is COc1cc2nc(N)c(-c3ccc4c(ccn4C)c3)nc2cc1CCCl. The number of aromatic nitrogens is 3. The van der Waals surface area contributed by atoms with Gasteiger partial charge in [-0.1, -0.05) is 6.07 Å². The Morgan fingerprint density at radius 2 is 1.92 bits per heavy atom. The number of fused-ring (bicyclic) bond motifs is 2. The maximum atomic E-state index is 6.22. The first kappa shape index (κ1) is 16.7. The van der Waals surface area contributed by atoms with Crippen molar-refractivity contribution < 1.29 is 4.74 Å². The van der Waals surface area contributed by atoms with E-state index in [1.54, 1.807) is 7.11 Å². The number of nitrogens with two attached hydrogens (primary N) is 1. The van der Waals surface area contributed by atoms with Crippen molar-refractivity contribution in [3.8, 4) is 17.0 Å². The second-order valence-corrected chi connectivity index (χ2v) is 6.63. The van der Waals surface area contributed by atoms with Gasteiger partial charge in [-0.3, -0.25) is 0 Å². The van der Waals surface area contributed by atoms with Crippen molar-refractivity contribution in [1.29, 1.82) is 0 Å². The standard InChI is InChI=1S/C20H19ClN4O/c1-25-8-6-12-9-14(3-4-17(12)25)19-20(22)24-16-11-18(26-2)13(5-7-21)10-15(16)23-19/h3-4,6,8-11H,5,7H2,1-2H3,(H2,22,24). The molecule has 4 rings (SSSR count). The van der Waals surface area contributed by atoms with Crippen molar-refractivity contribution in [3.05, 3.63) is 48.2 Å². The van der Waals surface area contributed by atoms with Crippen molar-refractivity contribution in [3.63, 3.8) is 0 Å². The lowest BCUT2D eigenvalue weighted by Crippen LogP contribution is -2.01. The van der Waals surface area contributed by atoms with Crippen LogP contribution in [0.2, 0.25) is 0 Å². The molecule has 0 aliphatic heterocycles. The topological polar surface area (TPSA) is 66.0 Å². The van der Waals surface area contributed by atoms with Crippen molar-refractivity contribution in [1.82, 2.24) is 14.5 Å². The van der Waals surface area contributed by atoms with Crippen LogP contribution in [0.25, 0.3) is 33.2 Å². The third kappa shape index (κ3) is 2.74. The van der Waals surface area contributed by atoms with Gasteiger partial charge < -0.3 is 15.0 Å². The minimum absolute atomic E-state index is 0.403. The first-order valence-electron chi connectivity index (χ1n) is 8.36. The summed E-state index contributed by atoms with van der Waals surface area (Å²) in [6.07, 6.45) is 2.74. The summed E-state index contributed by atoms with van der Waals surface area (Å²) in [5, 5.41) is 1.14. The van der Waals surface area contributed by atoms with Crippen LogP contribution in [0.1, 0.15) is 5.56 Å². The van der Waals surface area contributed by atoms with E-state index in [1.165, 1.54) is 0 Å². The Balaban J connectivity index is 1.89. The minimum Gasteiger partial charge on any atom is -0.496 e. The highest BCUT2D eigenvalue weighted by atomic mass is 35.5. The van der Waals surface area contributed by atoms with Crippen molar-refractivity contribution in [2.24, 2.45) is 7.05 Å². The third-order valence-corrected chi connectivity index (χ3v) is 4.80. The number of benzene rings is 2. The molecule has 0 saturated carbocycles. The van der Waals surface area contributed by atoms with Gasteiger partial charge in [-0.15, -0.1) is 11.6 Å². The van der Waals surface area contributed by atoms with Gasteiger partial charge in [0.1, 0.15) is 11.4 Å². The number of anilines is 1. The van der Waals surface area contributed by atoms with Gasteiger partial charge in [0.05, 0.1) is 18.1 Å². The largest absolute Gasteiger partial charge is 0.496 e. The van der Waals surface area contributed by atoms with E-state index < -0.39 is 0 Å². The summed E-state index contributed by atoms with van der Waals surface area (Å²) in [7, 11) is 3.66. The van der Waals surface area contributed by atoms with E-state index in [1.807, 2.05) is 31.4 Å². The number of aryl methyl sites for hydroxylation is 2. The predicted octanol–water partition coefficient (Wildman–Crippen LogP) is 4.16. The lowest BCUT2D eigenvalue weighted by atomic mass is 10.1. The molecule has 132 valence electrons. The summed E-state index contributed by atoms with van der Waals surface area (Å²) in [5.74, 6) is 1.67. The number of rotatable bonds is 4. The molecule has 26 heavy (non-hydrogen) atoms. The molecule has 0 fully saturated rings. The zero-order valence-corrected chi connectivity index (χ0v) is 15.4. The van der Waals surface area contributed by atoms with Gasteiger partial charge in [-0.25, -0.2) is 9.97 Å². The predicted molar refractivity (Wildman–Crippen MR) is 107 cm³/mol. The van der Waals surface area contributed by atoms with Gasteiger partial charge in [0.15, 0.2) is 5.82 Å². The monoisotopic (exact) mass is 366 g/mol. The average molecular weight is 367 g/mol. The molecule has 0 atom stereocenters. The number of nitrogen functional groups attached to an aromatic ring is 1. The quantitative estimate of drug-likeness (QED) is 0.551. The number of methoxy groups -OCH3 is 1. The highest BCUT2D eigenvalue weighted by molar-refractivity contribution is 6.18. The summed E-state index contributed by atoms with van der Waals surface area (Å²) in [4.78, 5) is 9.33. The van der Waals surface area contributed by atoms with Crippen LogP contribution in [-0.4, -0.2) is 27.5 Å². The number of hydrogen-bond donors (Lipinski definition) is 1. The molecule has 0 unspecified atom stereocenters. The molecule has 0 aliphatic rings.